The Kier molecular flexibility index (Phi) is 5.18. The fraction of sp³-hybridized carbons (Fsp3) is 0.250. The summed E-state index contributed by atoms with van der Waals surface area (Å²) in [5, 5.41) is 12.2. The van der Waals surface area contributed by atoms with E-state index in [-0.39, 0.29) is 17.2 Å². The zero-order chi connectivity index (χ0) is 23.1. The molecule has 0 aliphatic carbocycles. The minimum absolute atomic E-state index is 0.0615. The summed E-state index contributed by atoms with van der Waals surface area (Å²) < 4.78 is 1.86. The number of nitrogens with one attached hydrogen (secondary N) is 1. The lowest BCUT2D eigenvalue weighted by atomic mass is 10.1. The van der Waals surface area contributed by atoms with Gasteiger partial charge in [-0.3, -0.25) is 24.6 Å². The van der Waals surface area contributed by atoms with Gasteiger partial charge in [0.1, 0.15) is 5.69 Å². The highest BCUT2D eigenvalue weighted by atomic mass is 16.6. The van der Waals surface area contributed by atoms with Crippen LogP contribution in [0.1, 0.15) is 16.1 Å². The van der Waals surface area contributed by atoms with Gasteiger partial charge >= 0.3 is 0 Å². The number of piperazine rings is 1. The van der Waals surface area contributed by atoms with E-state index in [1.807, 2.05) is 34.7 Å². The molecule has 0 radical (unpaired) electrons. The van der Waals surface area contributed by atoms with Crippen molar-refractivity contribution in [2.24, 2.45) is 7.05 Å². The number of nitro benzene ring substituents is 1. The second-order valence-corrected chi connectivity index (χ2v) is 8.34. The van der Waals surface area contributed by atoms with Gasteiger partial charge in [-0.25, -0.2) is 0 Å². The number of nitrogens with zero attached hydrogens (tertiary/aromatic N) is 4. The molecule has 1 aliphatic rings. The third kappa shape index (κ3) is 3.76. The number of H-pyrrole nitrogens is 1. The van der Waals surface area contributed by atoms with Gasteiger partial charge in [-0.2, -0.15) is 0 Å². The van der Waals surface area contributed by atoms with Gasteiger partial charge in [-0.05, 0) is 17.7 Å². The molecule has 1 saturated heterocycles. The van der Waals surface area contributed by atoms with Crippen LogP contribution in [0.25, 0.3) is 21.8 Å². The Labute approximate surface area is 189 Å². The van der Waals surface area contributed by atoms with Gasteiger partial charge in [0.25, 0.3) is 17.2 Å². The first-order valence-electron chi connectivity index (χ1n) is 10.8. The van der Waals surface area contributed by atoms with Crippen molar-refractivity contribution in [1.82, 2.24) is 19.4 Å². The van der Waals surface area contributed by atoms with E-state index in [9.17, 15) is 19.7 Å². The smallest absolute Gasteiger partial charge is 0.270 e. The summed E-state index contributed by atoms with van der Waals surface area (Å²) in [5.41, 5.74) is 2.96. The molecular formula is C24H23N5O4. The summed E-state index contributed by atoms with van der Waals surface area (Å²) in [6.45, 7) is 3.29. The number of aryl methyl sites for hydroxylation is 1. The maximum absolute atomic E-state index is 13.3. The van der Waals surface area contributed by atoms with E-state index in [1.165, 1.54) is 12.1 Å². The quantitative estimate of drug-likeness (QED) is 0.384. The van der Waals surface area contributed by atoms with Gasteiger partial charge < -0.3 is 14.5 Å². The van der Waals surface area contributed by atoms with Crippen molar-refractivity contribution in [2.75, 3.05) is 26.2 Å². The van der Waals surface area contributed by atoms with Crippen molar-refractivity contribution in [1.29, 1.82) is 0 Å². The molecule has 1 N–H and O–H groups in total. The maximum atomic E-state index is 13.3. The molecule has 5 rings (SSSR count). The van der Waals surface area contributed by atoms with Gasteiger partial charge in [0.15, 0.2) is 0 Å². The molecule has 1 fully saturated rings. The molecule has 0 bridgehead atoms. The molecular weight excluding hydrogens is 422 g/mol. The van der Waals surface area contributed by atoms with Crippen molar-refractivity contribution in [3.05, 3.63) is 86.3 Å². The highest BCUT2D eigenvalue weighted by molar-refractivity contribution is 6.07. The van der Waals surface area contributed by atoms with Crippen molar-refractivity contribution in [2.45, 2.75) is 6.54 Å². The molecule has 4 aromatic rings. The van der Waals surface area contributed by atoms with E-state index in [0.29, 0.717) is 49.3 Å². The Morgan fingerprint density at radius 3 is 2.36 bits per heavy atom. The number of benzene rings is 2. The molecule has 0 spiro atoms. The monoisotopic (exact) mass is 445 g/mol. The van der Waals surface area contributed by atoms with Crippen molar-refractivity contribution < 1.29 is 9.72 Å². The molecule has 3 heterocycles. The standard InChI is InChI=1S/C24H23N5O4/c1-26-21(14-20-22(26)18-4-2-3-5-19(18)23(30)25-20)24(31)28-12-10-27(11-13-28)15-16-6-8-17(9-7-16)29(32)33/h2-9,14H,10-13,15H2,1H3,(H,25,30). The minimum atomic E-state index is -0.403. The molecule has 9 nitrogen and oxygen atoms in total. The third-order valence-corrected chi connectivity index (χ3v) is 6.34. The molecule has 1 amide bonds. The number of aromatic amines is 1. The van der Waals surface area contributed by atoms with Crippen LogP contribution in [0, 0.1) is 10.1 Å². The summed E-state index contributed by atoms with van der Waals surface area (Å²) in [6.07, 6.45) is 0. The van der Waals surface area contributed by atoms with Crippen molar-refractivity contribution in [3.63, 3.8) is 0 Å². The number of hydrogen-bond acceptors (Lipinski definition) is 5. The van der Waals surface area contributed by atoms with Crippen LogP contribution in [0.15, 0.2) is 59.4 Å². The number of amides is 1. The van der Waals surface area contributed by atoms with Crippen LogP contribution < -0.4 is 5.56 Å². The lowest BCUT2D eigenvalue weighted by Crippen LogP contribution is -2.48. The number of hydrogen-bond donors (Lipinski definition) is 1. The predicted octanol–water partition coefficient (Wildman–Crippen LogP) is 2.89. The Morgan fingerprint density at radius 2 is 1.70 bits per heavy atom. The van der Waals surface area contributed by atoms with Crippen LogP contribution in [0.4, 0.5) is 5.69 Å². The van der Waals surface area contributed by atoms with Crippen LogP contribution >= 0.6 is 0 Å². The maximum Gasteiger partial charge on any atom is 0.270 e. The summed E-state index contributed by atoms with van der Waals surface area (Å²) in [4.78, 5) is 43.1. The van der Waals surface area contributed by atoms with Crippen LogP contribution in [-0.4, -0.2) is 56.4 Å². The van der Waals surface area contributed by atoms with Gasteiger partial charge in [0.2, 0.25) is 0 Å². The van der Waals surface area contributed by atoms with E-state index >= 15 is 0 Å². The summed E-state index contributed by atoms with van der Waals surface area (Å²) in [6, 6.07) is 15.7. The number of nitro groups is 1. The number of rotatable bonds is 4. The Morgan fingerprint density at radius 1 is 1.03 bits per heavy atom. The first-order chi connectivity index (χ1) is 15.9. The fourth-order valence-electron chi connectivity index (χ4n) is 4.56. The topological polar surface area (TPSA) is 104 Å². The van der Waals surface area contributed by atoms with Gasteiger partial charge in [-0.1, -0.05) is 30.3 Å². The van der Waals surface area contributed by atoms with Crippen LogP contribution in [0.5, 0.6) is 0 Å². The Balaban J connectivity index is 1.32. The number of fused-ring (bicyclic) bond motifs is 3. The first-order valence-corrected chi connectivity index (χ1v) is 10.8. The molecule has 2 aromatic carbocycles. The van der Waals surface area contributed by atoms with E-state index in [1.54, 1.807) is 24.3 Å². The van der Waals surface area contributed by atoms with Crippen molar-refractivity contribution in [3.8, 4) is 0 Å². The number of pyridine rings is 1. The Bertz CT molecular complexity index is 1430. The zero-order valence-corrected chi connectivity index (χ0v) is 18.2. The number of carbonyl (C=O) groups is 1. The Hall–Kier alpha value is -3.98. The summed E-state index contributed by atoms with van der Waals surface area (Å²) >= 11 is 0. The summed E-state index contributed by atoms with van der Waals surface area (Å²) in [7, 11) is 1.85. The van der Waals surface area contributed by atoms with E-state index in [0.717, 1.165) is 16.5 Å². The molecule has 0 atom stereocenters. The molecule has 9 heteroatoms. The normalized spacial score (nSPS) is 14.8. The number of aromatic nitrogens is 2. The van der Waals surface area contributed by atoms with E-state index < -0.39 is 4.92 Å². The molecule has 1 aliphatic heterocycles. The summed E-state index contributed by atoms with van der Waals surface area (Å²) in [5.74, 6) is -0.0615. The van der Waals surface area contributed by atoms with Crippen LogP contribution in [-0.2, 0) is 13.6 Å². The second kappa shape index (κ2) is 8.18. The lowest BCUT2D eigenvalue weighted by molar-refractivity contribution is -0.384. The van der Waals surface area contributed by atoms with E-state index in [4.69, 9.17) is 0 Å². The minimum Gasteiger partial charge on any atom is -0.338 e. The highest BCUT2D eigenvalue weighted by Gasteiger charge is 2.25. The average Bonchev–Trinajstić information content (AvgIpc) is 3.15. The lowest BCUT2D eigenvalue weighted by Gasteiger charge is -2.34. The van der Waals surface area contributed by atoms with Gasteiger partial charge in [0, 0.05) is 62.7 Å². The number of non-ortho nitro benzene ring substituents is 1. The molecule has 2 aromatic heterocycles. The molecule has 0 unspecified atom stereocenters. The predicted molar refractivity (Wildman–Crippen MR) is 125 cm³/mol. The average molecular weight is 445 g/mol. The van der Waals surface area contributed by atoms with Gasteiger partial charge in [-0.15, -0.1) is 0 Å². The second-order valence-electron chi connectivity index (χ2n) is 8.34. The highest BCUT2D eigenvalue weighted by Crippen LogP contribution is 2.25. The van der Waals surface area contributed by atoms with Crippen molar-refractivity contribution >= 4 is 33.4 Å². The number of carbonyl (C=O) groups excluding carboxylic acids is 1. The van der Waals surface area contributed by atoms with Gasteiger partial charge in [0.05, 0.1) is 16.0 Å². The fourth-order valence-corrected chi connectivity index (χ4v) is 4.56. The van der Waals surface area contributed by atoms with E-state index in [2.05, 4.69) is 9.88 Å². The largest absolute Gasteiger partial charge is 0.338 e. The zero-order valence-electron chi connectivity index (χ0n) is 18.2. The first kappa shape index (κ1) is 20.9. The molecule has 168 valence electrons. The third-order valence-electron chi connectivity index (χ3n) is 6.34. The molecule has 33 heavy (non-hydrogen) atoms. The van der Waals surface area contributed by atoms with Crippen LogP contribution in [0.2, 0.25) is 0 Å². The SMILES string of the molecule is Cn1c(C(=O)N2CCN(Cc3ccc([N+](=O)[O-])cc3)CC2)cc2[nH]c(=O)c3ccccc3c21. The molecule has 0 saturated carbocycles. The van der Waals surface area contributed by atoms with Crippen LogP contribution in [0.3, 0.4) is 0 Å².